The second kappa shape index (κ2) is 15.7. The van der Waals surface area contributed by atoms with Crippen LogP contribution in [-0.4, -0.2) is 42.9 Å². The normalized spacial score (nSPS) is 14.3. The highest BCUT2D eigenvalue weighted by atomic mass is 79.9. The molecule has 5 aromatic rings. The van der Waals surface area contributed by atoms with Crippen molar-refractivity contribution >= 4 is 33.8 Å². The van der Waals surface area contributed by atoms with E-state index in [2.05, 4.69) is 15.9 Å². The lowest BCUT2D eigenvalue weighted by atomic mass is 9.83. The Morgan fingerprint density at radius 1 is 0.673 bits per heavy atom. The van der Waals surface area contributed by atoms with Gasteiger partial charge in [-0.05, 0) is 35.7 Å². The van der Waals surface area contributed by atoms with Crippen LogP contribution in [0.1, 0.15) is 27.8 Å². The molecule has 0 saturated carbocycles. The molecular weight excluding hydrogens is 742 g/mol. The van der Waals surface area contributed by atoms with E-state index in [1.165, 1.54) is 36.4 Å². The van der Waals surface area contributed by atoms with Gasteiger partial charge in [0.1, 0.15) is 35.9 Å². The largest absolute Gasteiger partial charge is 0.514 e. The molecule has 0 amide bonds. The first-order valence-corrected chi connectivity index (χ1v) is 17.4. The Bertz CT molecular complexity index is 2000. The molecule has 2 aliphatic heterocycles. The number of benzene rings is 5. The molecule has 12 heteroatoms. The monoisotopic (exact) mass is 772 g/mol. The Labute approximate surface area is 306 Å². The SMILES string of the molecule is CBr.O=C(OC=C(COC(=O)OC1(C(F)F)c2ccccc2Oc2ccccc21)c1ccccc1)OC1(CO)c2ccccc2Oc2ccccc21. The molecule has 0 fully saturated rings. The number of fused-ring (bicyclic) bond motifs is 4. The van der Waals surface area contributed by atoms with Crippen LogP contribution in [0, 0.1) is 0 Å². The molecule has 2 aliphatic rings. The second-order valence-electron chi connectivity index (χ2n) is 11.3. The number of ether oxygens (including phenoxy) is 6. The predicted molar refractivity (Wildman–Crippen MR) is 190 cm³/mol. The number of aliphatic hydroxyl groups is 1. The Morgan fingerprint density at radius 2 is 1.12 bits per heavy atom. The van der Waals surface area contributed by atoms with Crippen LogP contribution in [0.4, 0.5) is 18.4 Å². The zero-order valence-corrected chi connectivity index (χ0v) is 29.1. The van der Waals surface area contributed by atoms with Gasteiger partial charge in [-0.25, -0.2) is 18.4 Å². The number of hydrogen-bond donors (Lipinski definition) is 1. The number of aliphatic hydroxyl groups excluding tert-OH is 1. The Morgan fingerprint density at radius 3 is 1.60 bits per heavy atom. The standard InChI is InChI=1S/C39H28F2O9.CH3Br/c40-35(41)39(29-16-6-10-20-33(29)48-34-21-11-7-17-30(34)39)50-37(44)46-23-26(25-12-2-1-3-13-25)22-45-36(43)49-38(24-42)27-14-4-8-18-31(27)47-32-19-9-5-15-28(32)38;1-2/h1-22,35,42H,23-24H2;1H3. The van der Waals surface area contributed by atoms with E-state index in [0.717, 1.165) is 6.26 Å². The molecule has 5 aromatic carbocycles. The third kappa shape index (κ3) is 6.70. The maximum atomic E-state index is 15.1. The van der Waals surface area contributed by atoms with E-state index in [0.29, 0.717) is 28.2 Å². The molecule has 9 nitrogen and oxygen atoms in total. The lowest BCUT2D eigenvalue weighted by Gasteiger charge is -2.38. The van der Waals surface area contributed by atoms with E-state index in [1.807, 2.05) is 5.83 Å². The van der Waals surface area contributed by atoms with E-state index in [9.17, 15) is 14.7 Å². The van der Waals surface area contributed by atoms with E-state index >= 15 is 8.78 Å². The van der Waals surface area contributed by atoms with Crippen molar-refractivity contribution in [3.05, 3.63) is 161 Å². The van der Waals surface area contributed by atoms with Crippen LogP contribution in [-0.2, 0) is 30.1 Å². The fourth-order valence-electron chi connectivity index (χ4n) is 6.15. The van der Waals surface area contributed by atoms with E-state index in [-0.39, 0.29) is 28.2 Å². The molecule has 1 N–H and O–H groups in total. The van der Waals surface area contributed by atoms with Gasteiger partial charge in [-0.1, -0.05) is 119 Å². The third-order valence-corrected chi connectivity index (χ3v) is 8.48. The molecule has 0 unspecified atom stereocenters. The van der Waals surface area contributed by atoms with Crippen LogP contribution < -0.4 is 9.47 Å². The fourth-order valence-corrected chi connectivity index (χ4v) is 6.15. The predicted octanol–water partition coefficient (Wildman–Crippen LogP) is 9.70. The van der Waals surface area contributed by atoms with Crippen molar-refractivity contribution in [3.63, 3.8) is 0 Å². The number of carbonyl (C=O) groups excluding carboxylic acids is 2. The molecule has 0 aromatic heterocycles. The van der Waals surface area contributed by atoms with Gasteiger partial charge < -0.3 is 33.5 Å². The van der Waals surface area contributed by atoms with Crippen molar-refractivity contribution in [1.82, 2.24) is 0 Å². The van der Waals surface area contributed by atoms with Gasteiger partial charge in [-0.3, -0.25) is 0 Å². The number of carbonyl (C=O) groups is 2. The zero-order valence-electron chi connectivity index (χ0n) is 27.5. The van der Waals surface area contributed by atoms with Crippen molar-refractivity contribution in [3.8, 4) is 23.0 Å². The van der Waals surface area contributed by atoms with Crippen LogP contribution in [0.2, 0.25) is 0 Å². The first-order chi connectivity index (χ1) is 25.4. The maximum absolute atomic E-state index is 15.1. The first-order valence-electron chi connectivity index (χ1n) is 15.9. The van der Waals surface area contributed by atoms with E-state index in [1.54, 1.807) is 91.0 Å². The minimum absolute atomic E-state index is 0.0513. The average Bonchev–Trinajstić information content (AvgIpc) is 3.18. The summed E-state index contributed by atoms with van der Waals surface area (Å²) in [6.07, 6.45) is -4.78. The molecule has 0 aliphatic carbocycles. The minimum Gasteiger partial charge on any atom is -0.456 e. The summed E-state index contributed by atoms with van der Waals surface area (Å²) in [5.41, 5.74) is -2.84. The van der Waals surface area contributed by atoms with Crippen molar-refractivity contribution in [1.29, 1.82) is 0 Å². The van der Waals surface area contributed by atoms with Gasteiger partial charge in [0.25, 0.3) is 6.43 Å². The van der Waals surface area contributed by atoms with Crippen LogP contribution >= 0.6 is 15.9 Å². The van der Waals surface area contributed by atoms with Crippen LogP contribution in [0.15, 0.2) is 134 Å². The van der Waals surface area contributed by atoms with Crippen molar-refractivity contribution in [2.75, 3.05) is 19.0 Å². The molecule has 266 valence electrons. The average molecular weight is 774 g/mol. The van der Waals surface area contributed by atoms with Gasteiger partial charge in [0.2, 0.25) is 5.60 Å². The maximum Gasteiger partial charge on any atom is 0.514 e. The van der Waals surface area contributed by atoms with Gasteiger partial charge >= 0.3 is 12.3 Å². The fraction of sp³-hybridized carbons (Fsp3) is 0.150. The summed E-state index contributed by atoms with van der Waals surface area (Å²) in [5.74, 6) is 2.79. The van der Waals surface area contributed by atoms with E-state index in [4.69, 9.17) is 28.4 Å². The van der Waals surface area contributed by atoms with Gasteiger partial charge in [-0.2, -0.15) is 0 Å². The van der Waals surface area contributed by atoms with Crippen molar-refractivity contribution in [2.45, 2.75) is 17.6 Å². The molecular formula is C40H31BrF2O9. The van der Waals surface area contributed by atoms with Gasteiger partial charge in [0.15, 0.2) is 5.60 Å². The molecule has 52 heavy (non-hydrogen) atoms. The molecule has 0 atom stereocenters. The quantitative estimate of drug-likeness (QED) is 0.0937. The lowest BCUT2D eigenvalue weighted by molar-refractivity contribution is -0.103. The molecule has 0 spiro atoms. The molecule has 7 rings (SSSR count). The van der Waals surface area contributed by atoms with Crippen LogP contribution in [0.3, 0.4) is 0 Å². The number of rotatable bonds is 8. The highest BCUT2D eigenvalue weighted by molar-refractivity contribution is 9.08. The lowest BCUT2D eigenvalue weighted by Crippen LogP contribution is -2.43. The van der Waals surface area contributed by atoms with Gasteiger partial charge in [0.05, 0.1) is 6.61 Å². The molecule has 0 radical (unpaired) electrons. The molecule has 2 heterocycles. The molecule has 0 bridgehead atoms. The Balaban J connectivity index is 0.00000228. The molecule has 0 saturated heterocycles. The van der Waals surface area contributed by atoms with E-state index < -0.39 is 43.2 Å². The summed E-state index contributed by atoms with van der Waals surface area (Å²) in [6.45, 7) is -1.17. The van der Waals surface area contributed by atoms with Crippen LogP contribution in [0.25, 0.3) is 5.57 Å². The smallest absolute Gasteiger partial charge is 0.456 e. The van der Waals surface area contributed by atoms with Crippen LogP contribution in [0.5, 0.6) is 23.0 Å². The highest BCUT2D eigenvalue weighted by Crippen LogP contribution is 2.52. The summed E-state index contributed by atoms with van der Waals surface area (Å²) in [5, 5.41) is 10.7. The number of halogens is 3. The number of hydrogen-bond acceptors (Lipinski definition) is 9. The summed E-state index contributed by atoms with van der Waals surface area (Å²) in [6, 6.07) is 34.2. The minimum atomic E-state index is -3.21. The Hall–Kier alpha value is -5.72. The number of alkyl halides is 3. The van der Waals surface area contributed by atoms with Crippen molar-refractivity contribution in [2.24, 2.45) is 0 Å². The second-order valence-corrected chi connectivity index (χ2v) is 11.3. The summed E-state index contributed by atoms with van der Waals surface area (Å²) < 4.78 is 64.2. The van der Waals surface area contributed by atoms with Gasteiger partial charge in [-0.15, -0.1) is 0 Å². The highest BCUT2D eigenvalue weighted by Gasteiger charge is 2.54. The van der Waals surface area contributed by atoms with Gasteiger partial charge in [0, 0.05) is 27.8 Å². The Kier molecular flexibility index (Phi) is 10.9. The topological polar surface area (TPSA) is 110 Å². The number of para-hydroxylation sites is 4. The summed E-state index contributed by atoms with van der Waals surface area (Å²) in [7, 11) is 0. The zero-order chi connectivity index (χ0) is 36.7. The summed E-state index contributed by atoms with van der Waals surface area (Å²) in [4.78, 5) is 26.6. The first kappa shape index (κ1) is 36.1. The third-order valence-electron chi connectivity index (χ3n) is 8.48. The summed E-state index contributed by atoms with van der Waals surface area (Å²) >= 11 is 2.94. The van der Waals surface area contributed by atoms with Crippen molar-refractivity contribution < 1.29 is 51.9 Å².